The molecule has 2 rings (SSSR count). The number of hydrogen-bond donors (Lipinski definition) is 2. The molecule has 2 N–H and O–H groups in total. The first kappa shape index (κ1) is 14.1. The number of rotatable bonds is 6. The standard InChI is InChI=1S/C11H12N4O4S/c1-19-8-3-2-7(4-12-8)5-15-10(18)13-14-11(15)20-6-9(16)17/h2-4H,5-6H2,1H3,(H,13,18)(H,16,17). The molecule has 0 saturated carbocycles. The van der Waals surface area contributed by atoms with E-state index in [4.69, 9.17) is 9.84 Å². The van der Waals surface area contributed by atoms with E-state index < -0.39 is 11.7 Å². The normalized spacial score (nSPS) is 10.4. The van der Waals surface area contributed by atoms with Gasteiger partial charge in [0.25, 0.3) is 0 Å². The summed E-state index contributed by atoms with van der Waals surface area (Å²) in [7, 11) is 1.52. The van der Waals surface area contributed by atoms with Crippen molar-refractivity contribution in [3.63, 3.8) is 0 Å². The van der Waals surface area contributed by atoms with E-state index in [9.17, 15) is 9.59 Å². The third-order valence-corrected chi connectivity index (χ3v) is 3.36. The number of hydrogen-bond acceptors (Lipinski definition) is 6. The second-order valence-corrected chi connectivity index (χ2v) is 4.73. The summed E-state index contributed by atoms with van der Waals surface area (Å²) in [6.45, 7) is 0.258. The van der Waals surface area contributed by atoms with Gasteiger partial charge in [0, 0.05) is 12.3 Å². The summed E-state index contributed by atoms with van der Waals surface area (Å²) in [6.07, 6.45) is 1.59. The zero-order valence-electron chi connectivity index (χ0n) is 10.6. The predicted octanol–water partition coefficient (Wildman–Crippen LogP) is 0.200. The molecule has 9 heteroatoms. The van der Waals surface area contributed by atoms with Crippen molar-refractivity contribution >= 4 is 17.7 Å². The van der Waals surface area contributed by atoms with E-state index in [1.807, 2.05) is 0 Å². The molecule has 0 atom stereocenters. The minimum atomic E-state index is -0.969. The molecule has 0 aliphatic carbocycles. The predicted molar refractivity (Wildman–Crippen MR) is 71.1 cm³/mol. The molecular weight excluding hydrogens is 284 g/mol. The van der Waals surface area contributed by atoms with Crippen LogP contribution in [0.5, 0.6) is 5.88 Å². The Balaban J connectivity index is 2.17. The summed E-state index contributed by atoms with van der Waals surface area (Å²) in [5, 5.41) is 15.1. The van der Waals surface area contributed by atoms with Crippen molar-refractivity contribution in [2.45, 2.75) is 11.7 Å². The van der Waals surface area contributed by atoms with Gasteiger partial charge >= 0.3 is 11.7 Å². The Hall–Kier alpha value is -2.29. The molecule has 2 aromatic rings. The molecule has 0 aromatic carbocycles. The van der Waals surface area contributed by atoms with Crippen LogP contribution in [0, 0.1) is 0 Å². The number of thioether (sulfide) groups is 1. The fourth-order valence-electron chi connectivity index (χ4n) is 1.49. The summed E-state index contributed by atoms with van der Waals surface area (Å²) in [6, 6.07) is 3.46. The molecule has 0 fully saturated rings. The van der Waals surface area contributed by atoms with E-state index in [2.05, 4.69) is 15.2 Å². The van der Waals surface area contributed by atoms with Gasteiger partial charge in [-0.25, -0.2) is 14.9 Å². The van der Waals surface area contributed by atoms with Crippen LogP contribution >= 0.6 is 11.8 Å². The van der Waals surface area contributed by atoms with Crippen LogP contribution in [0.4, 0.5) is 0 Å². The summed E-state index contributed by atoms with van der Waals surface area (Å²) in [5.74, 6) is -0.651. The molecule has 2 heterocycles. The van der Waals surface area contributed by atoms with Crippen molar-refractivity contribution in [2.24, 2.45) is 0 Å². The number of pyridine rings is 1. The highest BCUT2D eigenvalue weighted by Gasteiger charge is 2.11. The number of carbonyl (C=O) groups is 1. The van der Waals surface area contributed by atoms with Crippen LogP contribution in [-0.2, 0) is 11.3 Å². The van der Waals surface area contributed by atoms with Gasteiger partial charge in [-0.3, -0.25) is 9.36 Å². The fraction of sp³-hybridized carbons (Fsp3) is 0.273. The van der Waals surface area contributed by atoms with Gasteiger partial charge in [0.15, 0.2) is 5.16 Å². The summed E-state index contributed by atoms with van der Waals surface area (Å²) >= 11 is 0.979. The molecule has 0 unspecified atom stereocenters. The zero-order chi connectivity index (χ0) is 14.5. The second-order valence-electron chi connectivity index (χ2n) is 3.79. The Morgan fingerprint density at radius 1 is 1.55 bits per heavy atom. The van der Waals surface area contributed by atoms with Crippen LogP contribution in [0.15, 0.2) is 28.3 Å². The average Bonchev–Trinajstić information content (AvgIpc) is 2.78. The molecule has 0 saturated heterocycles. The molecule has 20 heavy (non-hydrogen) atoms. The molecule has 8 nitrogen and oxygen atoms in total. The first-order valence-electron chi connectivity index (χ1n) is 5.59. The lowest BCUT2D eigenvalue weighted by Gasteiger charge is -2.05. The van der Waals surface area contributed by atoms with Crippen molar-refractivity contribution in [3.05, 3.63) is 34.4 Å². The first-order valence-corrected chi connectivity index (χ1v) is 6.57. The topological polar surface area (TPSA) is 110 Å². The maximum absolute atomic E-state index is 11.7. The zero-order valence-corrected chi connectivity index (χ0v) is 11.4. The van der Waals surface area contributed by atoms with Crippen LogP contribution in [0.25, 0.3) is 0 Å². The second kappa shape index (κ2) is 6.24. The molecule has 0 radical (unpaired) electrons. The Morgan fingerprint density at radius 3 is 2.95 bits per heavy atom. The summed E-state index contributed by atoms with van der Waals surface area (Å²) in [4.78, 5) is 26.2. The molecule has 0 aliphatic rings. The summed E-state index contributed by atoms with van der Waals surface area (Å²) in [5.41, 5.74) is 0.389. The van der Waals surface area contributed by atoms with E-state index in [-0.39, 0.29) is 12.3 Å². The molecule has 0 amide bonds. The fourth-order valence-corrected chi connectivity index (χ4v) is 2.15. The lowest BCUT2D eigenvalue weighted by atomic mass is 10.3. The highest BCUT2D eigenvalue weighted by atomic mass is 32.2. The number of carboxylic acids is 1. The number of aliphatic carboxylic acids is 1. The van der Waals surface area contributed by atoms with Crippen LogP contribution in [-0.4, -0.2) is 43.7 Å². The highest BCUT2D eigenvalue weighted by molar-refractivity contribution is 7.99. The van der Waals surface area contributed by atoms with Gasteiger partial charge in [0.1, 0.15) is 0 Å². The van der Waals surface area contributed by atoms with Crippen molar-refractivity contribution in [3.8, 4) is 5.88 Å². The number of aromatic nitrogens is 4. The number of carboxylic acid groups (broad SMARTS) is 1. The van der Waals surface area contributed by atoms with E-state index in [0.717, 1.165) is 17.3 Å². The molecule has 2 aromatic heterocycles. The van der Waals surface area contributed by atoms with Crippen LogP contribution in [0.3, 0.4) is 0 Å². The van der Waals surface area contributed by atoms with Gasteiger partial charge in [-0.2, -0.15) is 0 Å². The van der Waals surface area contributed by atoms with Gasteiger partial charge in [-0.1, -0.05) is 17.8 Å². The van der Waals surface area contributed by atoms with Crippen LogP contribution < -0.4 is 10.4 Å². The Labute approximate surface area is 117 Å². The Bertz CT molecular complexity index is 649. The quantitative estimate of drug-likeness (QED) is 0.733. The number of nitrogens with one attached hydrogen (secondary N) is 1. The van der Waals surface area contributed by atoms with Crippen molar-refractivity contribution in [1.29, 1.82) is 0 Å². The molecular formula is C11H12N4O4S. The van der Waals surface area contributed by atoms with Crippen molar-refractivity contribution in [1.82, 2.24) is 19.7 Å². The van der Waals surface area contributed by atoms with Crippen molar-refractivity contribution < 1.29 is 14.6 Å². The lowest BCUT2D eigenvalue weighted by molar-refractivity contribution is -0.133. The maximum Gasteiger partial charge on any atom is 0.344 e. The van der Waals surface area contributed by atoms with Crippen LogP contribution in [0.2, 0.25) is 0 Å². The molecule has 0 aliphatic heterocycles. The number of aromatic amines is 1. The average molecular weight is 296 g/mol. The van der Waals surface area contributed by atoms with Crippen molar-refractivity contribution in [2.75, 3.05) is 12.9 Å². The molecule has 0 spiro atoms. The summed E-state index contributed by atoms with van der Waals surface area (Å²) < 4.78 is 6.31. The number of methoxy groups -OCH3 is 1. The molecule has 106 valence electrons. The third-order valence-electron chi connectivity index (χ3n) is 2.40. The SMILES string of the molecule is COc1ccc(Cn2c(SCC(=O)O)n[nH]c2=O)cn1. The highest BCUT2D eigenvalue weighted by Crippen LogP contribution is 2.14. The van der Waals surface area contributed by atoms with Crippen LogP contribution in [0.1, 0.15) is 5.56 Å². The minimum Gasteiger partial charge on any atom is -0.481 e. The lowest BCUT2D eigenvalue weighted by Crippen LogP contribution is -2.18. The van der Waals surface area contributed by atoms with E-state index in [1.165, 1.54) is 11.7 Å². The Kier molecular flexibility index (Phi) is 4.41. The largest absolute Gasteiger partial charge is 0.481 e. The monoisotopic (exact) mass is 296 g/mol. The third kappa shape index (κ3) is 3.38. The number of ether oxygens (including phenoxy) is 1. The number of nitrogens with zero attached hydrogens (tertiary/aromatic N) is 3. The minimum absolute atomic E-state index is 0.162. The van der Waals surface area contributed by atoms with E-state index in [1.54, 1.807) is 18.3 Å². The first-order chi connectivity index (χ1) is 9.60. The van der Waals surface area contributed by atoms with Gasteiger partial charge in [-0.05, 0) is 5.56 Å². The van der Waals surface area contributed by atoms with Gasteiger partial charge in [0.05, 0.1) is 19.4 Å². The maximum atomic E-state index is 11.7. The smallest absolute Gasteiger partial charge is 0.344 e. The van der Waals surface area contributed by atoms with E-state index in [0.29, 0.717) is 11.0 Å². The van der Waals surface area contributed by atoms with E-state index >= 15 is 0 Å². The van der Waals surface area contributed by atoms with Gasteiger partial charge in [-0.15, -0.1) is 5.10 Å². The van der Waals surface area contributed by atoms with Gasteiger partial charge < -0.3 is 9.84 Å². The Morgan fingerprint density at radius 2 is 2.35 bits per heavy atom. The number of H-pyrrole nitrogens is 1. The van der Waals surface area contributed by atoms with Gasteiger partial charge in [0.2, 0.25) is 5.88 Å². The molecule has 0 bridgehead atoms.